The second-order valence-electron chi connectivity index (χ2n) is 7.23. The zero-order valence-corrected chi connectivity index (χ0v) is 15.4. The van der Waals surface area contributed by atoms with E-state index >= 15 is 0 Å². The number of allylic oxidation sites excluding steroid dienone is 3. The number of carbonyl (C=O) groups is 1. The molecule has 2 rings (SSSR count). The lowest BCUT2D eigenvalue weighted by molar-refractivity contribution is -0.131. The van der Waals surface area contributed by atoms with Crippen molar-refractivity contribution in [1.82, 2.24) is 0 Å². The molecule has 1 aromatic rings. The van der Waals surface area contributed by atoms with E-state index in [0.29, 0.717) is 5.92 Å². The summed E-state index contributed by atoms with van der Waals surface area (Å²) >= 11 is 0. The van der Waals surface area contributed by atoms with Gasteiger partial charge in [0.1, 0.15) is 0 Å². The SMILES string of the molecule is CCCCC[C@H]1CCC[C@@H]1C(CC=CC=CC(=O)O)c1ccccc1. The highest BCUT2D eigenvalue weighted by atomic mass is 16.4. The van der Waals surface area contributed by atoms with Crippen molar-refractivity contribution < 1.29 is 9.90 Å². The first kappa shape index (κ1) is 19.5. The molecule has 0 bridgehead atoms. The molecule has 0 saturated heterocycles. The van der Waals surface area contributed by atoms with Gasteiger partial charge in [0.2, 0.25) is 0 Å². The molecule has 1 saturated carbocycles. The Morgan fingerprint density at radius 1 is 1.20 bits per heavy atom. The molecule has 1 aliphatic carbocycles. The lowest BCUT2D eigenvalue weighted by atomic mass is 9.76. The standard InChI is InChI=1S/C23H32O2/c1-2-3-6-12-20-15-11-17-22(20)21(19-13-7-4-8-14-19)16-9-5-10-18-23(24)25/h4-5,7-10,13-14,18,20-22H,2-3,6,11-12,15-17H2,1H3,(H,24,25)/t20-,21?,22-/m0/s1. The maximum absolute atomic E-state index is 10.6. The van der Waals surface area contributed by atoms with Crippen LogP contribution in [0.4, 0.5) is 0 Å². The zero-order valence-electron chi connectivity index (χ0n) is 15.4. The largest absolute Gasteiger partial charge is 0.478 e. The average molecular weight is 341 g/mol. The van der Waals surface area contributed by atoms with Crippen LogP contribution in [0, 0.1) is 11.8 Å². The number of rotatable bonds is 10. The molecule has 0 aromatic heterocycles. The van der Waals surface area contributed by atoms with Gasteiger partial charge >= 0.3 is 5.97 Å². The first-order valence-electron chi connectivity index (χ1n) is 9.83. The molecule has 2 nitrogen and oxygen atoms in total. The van der Waals surface area contributed by atoms with Crippen LogP contribution in [-0.2, 0) is 4.79 Å². The first-order chi connectivity index (χ1) is 12.2. The monoisotopic (exact) mass is 340 g/mol. The normalized spacial score (nSPS) is 22.0. The summed E-state index contributed by atoms with van der Waals surface area (Å²) in [7, 11) is 0. The van der Waals surface area contributed by atoms with E-state index in [1.807, 2.05) is 6.08 Å². The minimum atomic E-state index is -0.893. The second-order valence-corrected chi connectivity index (χ2v) is 7.23. The van der Waals surface area contributed by atoms with Crippen LogP contribution in [0.25, 0.3) is 0 Å². The molecule has 1 aliphatic rings. The third kappa shape index (κ3) is 6.53. The topological polar surface area (TPSA) is 37.3 Å². The fraction of sp³-hybridized carbons (Fsp3) is 0.522. The van der Waals surface area contributed by atoms with E-state index in [1.54, 1.807) is 6.08 Å². The maximum Gasteiger partial charge on any atom is 0.328 e. The summed E-state index contributed by atoms with van der Waals surface area (Å²) in [6.07, 6.45) is 17.2. The molecule has 1 N–H and O–H groups in total. The van der Waals surface area contributed by atoms with Gasteiger partial charge in [-0.05, 0) is 36.2 Å². The molecule has 1 fully saturated rings. The Morgan fingerprint density at radius 3 is 2.72 bits per heavy atom. The van der Waals surface area contributed by atoms with E-state index in [0.717, 1.165) is 18.3 Å². The van der Waals surface area contributed by atoms with Crippen LogP contribution in [0.15, 0.2) is 54.6 Å². The zero-order chi connectivity index (χ0) is 17.9. The molecule has 0 heterocycles. The quantitative estimate of drug-likeness (QED) is 0.306. The van der Waals surface area contributed by atoms with Crippen molar-refractivity contribution in [1.29, 1.82) is 0 Å². The Bertz CT molecular complexity index is 559. The van der Waals surface area contributed by atoms with Gasteiger partial charge < -0.3 is 5.11 Å². The number of hydrogen-bond acceptors (Lipinski definition) is 1. The number of unbranched alkanes of at least 4 members (excludes halogenated alkanes) is 2. The van der Waals surface area contributed by atoms with E-state index in [9.17, 15) is 4.79 Å². The van der Waals surface area contributed by atoms with Gasteiger partial charge in [0.25, 0.3) is 0 Å². The number of hydrogen-bond donors (Lipinski definition) is 1. The summed E-state index contributed by atoms with van der Waals surface area (Å²) in [6, 6.07) is 10.9. The average Bonchev–Trinajstić information content (AvgIpc) is 3.07. The van der Waals surface area contributed by atoms with Crippen molar-refractivity contribution in [2.45, 2.75) is 64.2 Å². The van der Waals surface area contributed by atoms with Gasteiger partial charge in [0.15, 0.2) is 0 Å². The second kappa shape index (κ2) is 10.9. The van der Waals surface area contributed by atoms with Crippen molar-refractivity contribution in [2.24, 2.45) is 11.8 Å². The highest BCUT2D eigenvalue weighted by molar-refractivity contribution is 5.80. The Balaban J connectivity index is 2.07. The van der Waals surface area contributed by atoms with E-state index in [2.05, 4.69) is 43.3 Å². The van der Waals surface area contributed by atoms with Crippen LogP contribution >= 0.6 is 0 Å². The molecule has 3 atom stereocenters. The van der Waals surface area contributed by atoms with Gasteiger partial charge in [-0.25, -0.2) is 4.79 Å². The van der Waals surface area contributed by atoms with Crippen molar-refractivity contribution in [3.8, 4) is 0 Å². The van der Waals surface area contributed by atoms with Crippen LogP contribution < -0.4 is 0 Å². The molecular weight excluding hydrogens is 308 g/mol. The molecular formula is C23H32O2. The Kier molecular flexibility index (Phi) is 8.51. The van der Waals surface area contributed by atoms with Gasteiger partial charge in [-0.3, -0.25) is 0 Å². The van der Waals surface area contributed by atoms with E-state index in [4.69, 9.17) is 5.11 Å². The first-order valence-corrected chi connectivity index (χ1v) is 9.83. The molecule has 0 amide bonds. The number of aliphatic carboxylic acids is 1. The van der Waals surface area contributed by atoms with Crippen molar-refractivity contribution >= 4 is 5.97 Å². The fourth-order valence-corrected chi connectivity index (χ4v) is 4.31. The molecule has 1 unspecified atom stereocenters. The summed E-state index contributed by atoms with van der Waals surface area (Å²) in [5.74, 6) is 1.26. The summed E-state index contributed by atoms with van der Waals surface area (Å²) in [5.41, 5.74) is 1.43. The molecule has 2 heteroatoms. The number of benzene rings is 1. The number of carboxylic acid groups (broad SMARTS) is 1. The predicted octanol–water partition coefficient (Wildman–Crippen LogP) is 6.35. The van der Waals surface area contributed by atoms with Crippen LogP contribution in [0.3, 0.4) is 0 Å². The van der Waals surface area contributed by atoms with E-state index in [-0.39, 0.29) is 0 Å². The fourth-order valence-electron chi connectivity index (χ4n) is 4.31. The van der Waals surface area contributed by atoms with E-state index < -0.39 is 5.97 Å². The Hall–Kier alpha value is -1.83. The maximum atomic E-state index is 10.6. The van der Waals surface area contributed by atoms with Gasteiger partial charge in [0.05, 0.1) is 0 Å². The molecule has 1 aromatic carbocycles. The van der Waals surface area contributed by atoms with Crippen molar-refractivity contribution in [3.05, 3.63) is 60.2 Å². The third-order valence-electron chi connectivity index (χ3n) is 5.52. The van der Waals surface area contributed by atoms with Crippen molar-refractivity contribution in [2.75, 3.05) is 0 Å². The summed E-state index contributed by atoms with van der Waals surface area (Å²) < 4.78 is 0. The predicted molar refractivity (Wildman–Crippen MR) is 105 cm³/mol. The number of carboxylic acids is 1. The van der Waals surface area contributed by atoms with Crippen LogP contribution in [0.5, 0.6) is 0 Å². The highest BCUT2D eigenvalue weighted by Gasteiger charge is 2.33. The molecule has 136 valence electrons. The van der Waals surface area contributed by atoms with E-state index in [1.165, 1.54) is 56.6 Å². The van der Waals surface area contributed by atoms with Crippen molar-refractivity contribution in [3.63, 3.8) is 0 Å². The summed E-state index contributed by atoms with van der Waals surface area (Å²) in [6.45, 7) is 2.27. The lowest BCUT2D eigenvalue weighted by Gasteiger charge is -2.29. The smallest absolute Gasteiger partial charge is 0.328 e. The van der Waals surface area contributed by atoms with Crippen LogP contribution in [0.2, 0.25) is 0 Å². The minimum Gasteiger partial charge on any atom is -0.478 e. The summed E-state index contributed by atoms with van der Waals surface area (Å²) in [4.78, 5) is 10.6. The third-order valence-corrected chi connectivity index (χ3v) is 5.52. The van der Waals surface area contributed by atoms with Gasteiger partial charge in [-0.15, -0.1) is 0 Å². The molecule has 0 radical (unpaired) electrons. The molecule has 0 aliphatic heterocycles. The minimum absolute atomic E-state index is 0.546. The van der Waals surface area contributed by atoms with Gasteiger partial charge in [0, 0.05) is 6.08 Å². The molecule has 25 heavy (non-hydrogen) atoms. The van der Waals surface area contributed by atoms with Crippen LogP contribution in [0.1, 0.15) is 69.8 Å². The highest BCUT2D eigenvalue weighted by Crippen LogP contribution is 2.45. The van der Waals surface area contributed by atoms with Gasteiger partial charge in [-0.2, -0.15) is 0 Å². The Morgan fingerprint density at radius 2 is 2.00 bits per heavy atom. The van der Waals surface area contributed by atoms with Crippen LogP contribution in [-0.4, -0.2) is 11.1 Å². The summed E-state index contributed by atoms with van der Waals surface area (Å²) in [5, 5.41) is 8.69. The van der Waals surface area contributed by atoms with Gasteiger partial charge in [-0.1, -0.05) is 94.0 Å². The Labute approximate surface area is 152 Å². The lowest BCUT2D eigenvalue weighted by Crippen LogP contribution is -2.17. The molecule has 0 spiro atoms.